The van der Waals surface area contributed by atoms with Gasteiger partial charge < -0.3 is 15.4 Å². The van der Waals surface area contributed by atoms with Crippen LogP contribution in [-0.2, 0) is 0 Å². The molecule has 0 radical (unpaired) electrons. The summed E-state index contributed by atoms with van der Waals surface area (Å²) in [5.41, 5.74) is 1.21. The van der Waals surface area contributed by atoms with Crippen molar-refractivity contribution in [1.82, 2.24) is 20.0 Å². The van der Waals surface area contributed by atoms with E-state index in [1.54, 1.807) is 16.9 Å². The van der Waals surface area contributed by atoms with Crippen LogP contribution in [0.1, 0.15) is 43.1 Å². The number of halogens is 5. The maximum absolute atomic E-state index is 13.8. The van der Waals surface area contributed by atoms with Crippen LogP contribution in [0, 0.1) is 17.1 Å². The van der Waals surface area contributed by atoms with E-state index in [9.17, 15) is 24.2 Å². The van der Waals surface area contributed by atoms with Crippen LogP contribution in [0.3, 0.4) is 0 Å². The Morgan fingerprint density at radius 2 is 1.90 bits per heavy atom. The lowest BCUT2D eigenvalue weighted by atomic mass is 10.0. The summed E-state index contributed by atoms with van der Waals surface area (Å²) in [6, 6.07) is 14.2. The van der Waals surface area contributed by atoms with Crippen molar-refractivity contribution in [3.63, 3.8) is 0 Å². The fourth-order valence-corrected chi connectivity index (χ4v) is 4.69. The normalized spacial score (nSPS) is 15.0. The average Bonchev–Trinajstić information content (AvgIpc) is 3.69. The predicted molar refractivity (Wildman–Crippen MR) is 148 cm³/mol. The molecule has 0 spiro atoms. The zero-order chi connectivity index (χ0) is 30.4. The van der Waals surface area contributed by atoms with E-state index in [-0.39, 0.29) is 50.3 Å². The summed E-state index contributed by atoms with van der Waals surface area (Å²) in [4.78, 5) is 4.28. The molecule has 0 saturated heterocycles. The molecule has 2 aromatic heterocycles. The molecule has 5 aromatic rings. The largest absolute Gasteiger partial charge is 0.573 e. The third-order valence-electron chi connectivity index (χ3n) is 6.51. The van der Waals surface area contributed by atoms with Gasteiger partial charge >= 0.3 is 6.36 Å². The zero-order valence-electron chi connectivity index (χ0n) is 22.5. The Bertz CT molecular complexity index is 1870. The molecule has 8 nitrogen and oxygen atoms in total. The van der Waals surface area contributed by atoms with Gasteiger partial charge in [0.1, 0.15) is 17.6 Å². The van der Waals surface area contributed by atoms with E-state index in [1.165, 1.54) is 54.7 Å². The zero-order valence-corrected chi connectivity index (χ0v) is 22.2. The lowest BCUT2D eigenvalue weighted by Gasteiger charge is -2.20. The van der Waals surface area contributed by atoms with Crippen LogP contribution < -0.4 is 15.4 Å². The van der Waals surface area contributed by atoms with Crippen LogP contribution in [0.4, 0.5) is 34.6 Å². The van der Waals surface area contributed by atoms with Crippen molar-refractivity contribution in [2.45, 2.75) is 31.3 Å². The summed E-state index contributed by atoms with van der Waals surface area (Å²) in [5.74, 6) is -0.994. The molecule has 3 aromatic carbocycles. The van der Waals surface area contributed by atoms with Gasteiger partial charge in [0.05, 0.1) is 47.1 Å². The first-order chi connectivity index (χ1) is 20.5. The second kappa shape index (κ2) is 10.8. The van der Waals surface area contributed by atoms with E-state index in [1.807, 2.05) is 6.07 Å². The van der Waals surface area contributed by atoms with Crippen LogP contribution >= 0.6 is 11.6 Å². The highest BCUT2D eigenvalue weighted by Crippen LogP contribution is 2.40. The minimum Gasteiger partial charge on any atom is -0.404 e. The Balaban J connectivity index is 1.46. The second-order valence-corrected chi connectivity index (χ2v) is 9.91. The first-order valence-electron chi connectivity index (χ1n) is 13.1. The van der Waals surface area contributed by atoms with E-state index in [0.717, 1.165) is 18.9 Å². The molecule has 212 valence electrons. The minimum absolute atomic E-state index is 0.0191. The Morgan fingerprint density at radius 3 is 2.62 bits per heavy atom. The van der Waals surface area contributed by atoms with Gasteiger partial charge in [-0.3, -0.25) is 4.98 Å². The lowest BCUT2D eigenvalue weighted by molar-refractivity contribution is -0.274. The molecule has 0 amide bonds. The number of fused-ring (bicyclic) bond motifs is 1. The van der Waals surface area contributed by atoms with Crippen molar-refractivity contribution < 1.29 is 23.7 Å². The number of alkyl halides is 3. The molecular formula is C29H20ClF4N7O. The first kappa shape index (κ1) is 26.0. The number of hydrogen-bond donors (Lipinski definition) is 2. The molecule has 0 bridgehead atoms. The maximum atomic E-state index is 13.8. The van der Waals surface area contributed by atoms with Crippen LogP contribution in [0.25, 0.3) is 10.9 Å². The quantitative estimate of drug-likeness (QED) is 0.178. The number of benzene rings is 3. The number of nitrogens with one attached hydrogen (secondary N) is 2. The summed E-state index contributed by atoms with van der Waals surface area (Å²) < 4.78 is 68.4. The second-order valence-electron chi connectivity index (χ2n) is 9.50. The molecule has 2 N–H and O–H groups in total. The molecule has 1 saturated carbocycles. The molecule has 6 rings (SSSR count). The summed E-state index contributed by atoms with van der Waals surface area (Å²) in [6.45, 7) is 0. The SMILES string of the molecule is [2H][C@](Nc1cc(Cl)c2ncc(C#N)c(Nc3ccccc3OC(F)(F)F)c2c1)(c1ccc(F)cc1)c1cn(C2CC2)nn1. The van der Waals surface area contributed by atoms with Crippen LogP contribution in [0.15, 0.2) is 73.1 Å². The Kier molecular flexibility index (Phi) is 6.71. The molecule has 1 atom stereocenters. The van der Waals surface area contributed by atoms with Crippen LogP contribution in [0.2, 0.25) is 5.02 Å². The molecule has 0 unspecified atom stereocenters. The Morgan fingerprint density at radius 1 is 1.14 bits per heavy atom. The van der Waals surface area contributed by atoms with E-state index in [0.29, 0.717) is 5.56 Å². The number of nitriles is 1. The van der Waals surface area contributed by atoms with Gasteiger partial charge in [0.2, 0.25) is 0 Å². The highest BCUT2D eigenvalue weighted by atomic mass is 35.5. The molecule has 2 heterocycles. The van der Waals surface area contributed by atoms with Gasteiger partial charge in [-0.15, -0.1) is 18.3 Å². The number of para-hydroxylation sites is 2. The number of aromatic nitrogens is 4. The van der Waals surface area contributed by atoms with E-state index < -0.39 is 23.9 Å². The number of nitrogens with zero attached hydrogens (tertiary/aromatic N) is 5. The van der Waals surface area contributed by atoms with Crippen molar-refractivity contribution in [2.24, 2.45) is 0 Å². The van der Waals surface area contributed by atoms with Crippen LogP contribution in [0.5, 0.6) is 5.75 Å². The number of ether oxygens (including phenoxy) is 1. The Labute approximate surface area is 242 Å². The van der Waals surface area contributed by atoms with Crippen molar-refractivity contribution >= 4 is 39.6 Å². The third-order valence-corrected chi connectivity index (χ3v) is 6.80. The predicted octanol–water partition coefficient (Wildman–Crippen LogP) is 7.67. The van der Waals surface area contributed by atoms with E-state index >= 15 is 0 Å². The molecule has 13 heteroatoms. The number of hydrogen-bond acceptors (Lipinski definition) is 7. The monoisotopic (exact) mass is 594 g/mol. The summed E-state index contributed by atoms with van der Waals surface area (Å²) in [7, 11) is 0. The maximum Gasteiger partial charge on any atom is 0.573 e. The minimum atomic E-state index is -4.95. The van der Waals surface area contributed by atoms with Gasteiger partial charge in [-0.25, -0.2) is 9.07 Å². The van der Waals surface area contributed by atoms with Crippen molar-refractivity contribution in [2.75, 3.05) is 10.6 Å². The fourth-order valence-electron chi connectivity index (χ4n) is 4.42. The van der Waals surface area contributed by atoms with E-state index in [4.69, 9.17) is 11.6 Å². The number of rotatable bonds is 8. The van der Waals surface area contributed by atoms with Crippen molar-refractivity contribution in [3.05, 3.63) is 101 Å². The van der Waals surface area contributed by atoms with Gasteiger partial charge in [-0.1, -0.05) is 41.1 Å². The summed E-state index contributed by atoms with van der Waals surface area (Å²) >= 11 is 6.62. The topological polar surface area (TPSA) is 101 Å². The highest BCUT2D eigenvalue weighted by Gasteiger charge is 2.32. The molecule has 1 aliphatic carbocycles. The molecule has 42 heavy (non-hydrogen) atoms. The highest BCUT2D eigenvalue weighted by molar-refractivity contribution is 6.36. The van der Waals surface area contributed by atoms with Gasteiger partial charge in [0.15, 0.2) is 5.75 Å². The van der Waals surface area contributed by atoms with Gasteiger partial charge in [0.25, 0.3) is 0 Å². The molecule has 0 aliphatic heterocycles. The van der Waals surface area contributed by atoms with E-state index in [2.05, 4.69) is 30.7 Å². The summed E-state index contributed by atoms with van der Waals surface area (Å²) in [6.07, 6.45) is -0.155. The van der Waals surface area contributed by atoms with Crippen LogP contribution in [-0.4, -0.2) is 26.3 Å². The number of pyridine rings is 1. The van der Waals surface area contributed by atoms with Gasteiger partial charge in [-0.2, -0.15) is 5.26 Å². The third kappa shape index (κ3) is 5.77. The number of anilines is 3. The van der Waals surface area contributed by atoms with Crippen molar-refractivity contribution in [3.8, 4) is 11.8 Å². The molecule has 1 fully saturated rings. The molecule has 1 aliphatic rings. The van der Waals surface area contributed by atoms with Gasteiger partial charge in [-0.05, 0) is 54.8 Å². The molecular weight excluding hydrogens is 574 g/mol. The fraction of sp³-hybridized carbons (Fsp3) is 0.172. The average molecular weight is 595 g/mol. The van der Waals surface area contributed by atoms with Crippen molar-refractivity contribution in [1.29, 1.82) is 5.26 Å². The summed E-state index contributed by atoms with van der Waals surface area (Å²) in [5, 5.41) is 24.7. The van der Waals surface area contributed by atoms with Gasteiger partial charge in [0, 0.05) is 17.3 Å². The first-order valence-corrected chi connectivity index (χ1v) is 13.0. The standard InChI is InChI=1S/C29H20ClF4N7O/c30-22-12-19(37-27(16-5-7-18(31)8-6-16)24-15-41(40-39-24)20-9-10-20)11-21-26(17(13-35)14-36-28(21)22)38-23-3-1-2-4-25(23)42-29(32,33)34/h1-8,11-12,14-15,20,27,37H,9-10H2,(H,36,38)/t27-/m0/s1/i27D. The lowest BCUT2D eigenvalue weighted by Crippen LogP contribution is -2.18. The smallest absolute Gasteiger partial charge is 0.404 e. The Hall–Kier alpha value is -4.89.